The van der Waals surface area contributed by atoms with Gasteiger partial charge in [0.1, 0.15) is 6.61 Å². The summed E-state index contributed by atoms with van der Waals surface area (Å²) in [7, 11) is 0. The molecule has 0 bridgehead atoms. The number of hydrogen-bond acceptors (Lipinski definition) is 5. The SMILES string of the molecule is CCC(C)CCCCCCCCCCCCC(=O)O[C@@H](CO)COC(=O)CCCCCCCCCCC(C)C. The predicted molar refractivity (Wildman–Crippen MR) is 164 cm³/mol. The third-order valence-corrected chi connectivity index (χ3v) is 7.87. The minimum atomic E-state index is -0.762. The normalized spacial score (nSPS) is 13.0. The van der Waals surface area contributed by atoms with E-state index in [-0.39, 0.29) is 25.2 Å². The van der Waals surface area contributed by atoms with Gasteiger partial charge in [0, 0.05) is 12.8 Å². The molecule has 0 radical (unpaired) electrons. The molecule has 0 spiro atoms. The van der Waals surface area contributed by atoms with E-state index in [9.17, 15) is 14.7 Å². The molecule has 0 fully saturated rings. The van der Waals surface area contributed by atoms with Gasteiger partial charge < -0.3 is 14.6 Å². The Morgan fingerprint density at radius 1 is 0.590 bits per heavy atom. The highest BCUT2D eigenvalue weighted by atomic mass is 16.6. The molecule has 1 unspecified atom stereocenters. The lowest BCUT2D eigenvalue weighted by Crippen LogP contribution is -2.28. The number of aliphatic hydroxyl groups is 1. The van der Waals surface area contributed by atoms with Gasteiger partial charge in [0.05, 0.1) is 6.61 Å². The molecular weight excluding hydrogens is 488 g/mol. The minimum Gasteiger partial charge on any atom is -0.462 e. The number of hydrogen-bond donors (Lipinski definition) is 1. The zero-order chi connectivity index (χ0) is 29.0. The first kappa shape index (κ1) is 37.9. The van der Waals surface area contributed by atoms with E-state index in [2.05, 4.69) is 27.7 Å². The van der Waals surface area contributed by atoms with Crippen molar-refractivity contribution in [2.75, 3.05) is 13.2 Å². The zero-order valence-corrected chi connectivity index (χ0v) is 26.5. The summed E-state index contributed by atoms with van der Waals surface area (Å²) in [6, 6.07) is 0. The Labute approximate surface area is 242 Å². The second kappa shape index (κ2) is 28.4. The number of unbranched alkanes of at least 4 members (excludes halogenated alkanes) is 16. The highest BCUT2D eigenvalue weighted by Gasteiger charge is 2.16. The van der Waals surface area contributed by atoms with Gasteiger partial charge in [-0.25, -0.2) is 0 Å². The second-order valence-corrected chi connectivity index (χ2v) is 12.3. The topological polar surface area (TPSA) is 72.8 Å². The van der Waals surface area contributed by atoms with Gasteiger partial charge in [0.2, 0.25) is 0 Å². The van der Waals surface area contributed by atoms with E-state index in [1.807, 2.05) is 0 Å². The van der Waals surface area contributed by atoms with Crippen LogP contribution in [-0.2, 0) is 19.1 Å². The third-order valence-electron chi connectivity index (χ3n) is 7.87. The Hall–Kier alpha value is -1.10. The van der Waals surface area contributed by atoms with Gasteiger partial charge in [0.15, 0.2) is 6.10 Å². The number of ether oxygens (including phenoxy) is 2. The van der Waals surface area contributed by atoms with Crippen LogP contribution < -0.4 is 0 Å². The fourth-order valence-electron chi connectivity index (χ4n) is 4.89. The van der Waals surface area contributed by atoms with Gasteiger partial charge in [-0.05, 0) is 24.7 Å². The molecule has 0 heterocycles. The van der Waals surface area contributed by atoms with Gasteiger partial charge in [-0.15, -0.1) is 0 Å². The Kier molecular flexibility index (Phi) is 27.6. The molecule has 5 nitrogen and oxygen atoms in total. The molecule has 0 aliphatic rings. The van der Waals surface area contributed by atoms with E-state index in [0.29, 0.717) is 12.8 Å². The van der Waals surface area contributed by atoms with Crippen LogP contribution in [0, 0.1) is 11.8 Å². The molecule has 0 aromatic heterocycles. The average Bonchev–Trinajstić information content (AvgIpc) is 2.92. The van der Waals surface area contributed by atoms with Crippen molar-refractivity contribution in [1.29, 1.82) is 0 Å². The van der Waals surface area contributed by atoms with Crippen LogP contribution in [0.4, 0.5) is 0 Å². The van der Waals surface area contributed by atoms with Crippen molar-refractivity contribution in [3.8, 4) is 0 Å². The molecule has 5 heteroatoms. The molecule has 0 aromatic rings. The molecule has 232 valence electrons. The molecule has 0 aliphatic carbocycles. The smallest absolute Gasteiger partial charge is 0.306 e. The largest absolute Gasteiger partial charge is 0.462 e. The van der Waals surface area contributed by atoms with Crippen molar-refractivity contribution in [3.05, 3.63) is 0 Å². The molecule has 0 amide bonds. The van der Waals surface area contributed by atoms with Gasteiger partial charge in [-0.1, -0.05) is 150 Å². The summed E-state index contributed by atoms with van der Waals surface area (Å²) < 4.78 is 10.5. The molecule has 0 saturated heterocycles. The second-order valence-electron chi connectivity index (χ2n) is 12.3. The highest BCUT2D eigenvalue weighted by molar-refractivity contribution is 5.70. The van der Waals surface area contributed by atoms with Crippen LogP contribution in [0.3, 0.4) is 0 Å². The standard InChI is InChI=1S/C34H66O5/c1-5-31(4)25-21-17-13-8-6-7-9-15-19-23-27-34(37)39-32(28-35)29-38-33(36)26-22-18-14-11-10-12-16-20-24-30(2)3/h30-32,35H,5-29H2,1-4H3/t31?,32-/m0/s1. The van der Waals surface area contributed by atoms with E-state index in [1.54, 1.807) is 0 Å². The van der Waals surface area contributed by atoms with Crippen LogP contribution in [0.2, 0.25) is 0 Å². The molecule has 0 aromatic carbocycles. The molecule has 0 aliphatic heterocycles. The van der Waals surface area contributed by atoms with Gasteiger partial charge in [-0.3, -0.25) is 9.59 Å². The molecule has 1 N–H and O–H groups in total. The minimum absolute atomic E-state index is 0.0604. The number of carbonyl (C=O) groups excluding carboxylic acids is 2. The Balaban J connectivity index is 3.57. The first-order chi connectivity index (χ1) is 18.9. The molecular formula is C34H66O5. The van der Waals surface area contributed by atoms with Crippen LogP contribution in [0.25, 0.3) is 0 Å². The maximum absolute atomic E-state index is 12.1. The van der Waals surface area contributed by atoms with Crippen molar-refractivity contribution in [2.45, 2.75) is 181 Å². The van der Waals surface area contributed by atoms with Crippen LogP contribution in [-0.4, -0.2) is 36.4 Å². The first-order valence-corrected chi connectivity index (χ1v) is 16.8. The fraction of sp³-hybridized carbons (Fsp3) is 0.941. The van der Waals surface area contributed by atoms with E-state index in [4.69, 9.17) is 9.47 Å². The number of aliphatic hydroxyl groups excluding tert-OH is 1. The zero-order valence-electron chi connectivity index (χ0n) is 26.5. The summed E-state index contributed by atoms with van der Waals surface area (Å²) in [6.07, 6.45) is 25.8. The summed E-state index contributed by atoms with van der Waals surface area (Å²) in [5, 5.41) is 9.49. The van der Waals surface area contributed by atoms with Gasteiger partial charge in [0.25, 0.3) is 0 Å². The van der Waals surface area contributed by atoms with Crippen molar-refractivity contribution in [2.24, 2.45) is 11.8 Å². The summed E-state index contributed by atoms with van der Waals surface area (Å²) in [4.78, 5) is 24.1. The first-order valence-electron chi connectivity index (χ1n) is 16.8. The van der Waals surface area contributed by atoms with Crippen LogP contribution in [0.15, 0.2) is 0 Å². The Morgan fingerprint density at radius 3 is 1.44 bits per heavy atom. The van der Waals surface area contributed by atoms with Crippen molar-refractivity contribution >= 4 is 11.9 Å². The molecule has 2 atom stereocenters. The lowest BCUT2D eigenvalue weighted by molar-refractivity contribution is -0.161. The molecule has 0 saturated carbocycles. The maximum atomic E-state index is 12.1. The molecule has 0 rings (SSSR count). The van der Waals surface area contributed by atoms with E-state index >= 15 is 0 Å². The van der Waals surface area contributed by atoms with E-state index in [0.717, 1.165) is 50.4 Å². The van der Waals surface area contributed by atoms with Gasteiger partial charge >= 0.3 is 11.9 Å². The number of esters is 2. The summed E-state index contributed by atoms with van der Waals surface area (Å²) in [5.41, 5.74) is 0. The van der Waals surface area contributed by atoms with Crippen LogP contribution >= 0.6 is 0 Å². The predicted octanol–water partition coefficient (Wildman–Crippen LogP) is 9.72. The average molecular weight is 555 g/mol. The van der Waals surface area contributed by atoms with Crippen molar-refractivity contribution < 1.29 is 24.2 Å². The van der Waals surface area contributed by atoms with Crippen molar-refractivity contribution in [3.63, 3.8) is 0 Å². The maximum Gasteiger partial charge on any atom is 0.306 e. The van der Waals surface area contributed by atoms with Crippen LogP contribution in [0.5, 0.6) is 0 Å². The van der Waals surface area contributed by atoms with Crippen LogP contribution in [0.1, 0.15) is 175 Å². The lowest BCUT2D eigenvalue weighted by Gasteiger charge is -2.15. The summed E-state index contributed by atoms with van der Waals surface area (Å²) in [6.45, 7) is 8.80. The highest BCUT2D eigenvalue weighted by Crippen LogP contribution is 2.16. The summed E-state index contributed by atoms with van der Waals surface area (Å²) >= 11 is 0. The van der Waals surface area contributed by atoms with Crippen molar-refractivity contribution in [1.82, 2.24) is 0 Å². The van der Waals surface area contributed by atoms with E-state index in [1.165, 1.54) is 96.3 Å². The fourth-order valence-corrected chi connectivity index (χ4v) is 4.89. The van der Waals surface area contributed by atoms with E-state index < -0.39 is 6.10 Å². The Bertz CT molecular complexity index is 548. The molecule has 39 heavy (non-hydrogen) atoms. The number of rotatable bonds is 29. The monoisotopic (exact) mass is 554 g/mol. The third kappa shape index (κ3) is 28.2. The quantitative estimate of drug-likeness (QED) is 0.0736. The van der Waals surface area contributed by atoms with Gasteiger partial charge in [-0.2, -0.15) is 0 Å². The number of carbonyl (C=O) groups is 2. The Morgan fingerprint density at radius 2 is 1.00 bits per heavy atom. The lowest BCUT2D eigenvalue weighted by atomic mass is 9.99. The summed E-state index contributed by atoms with van der Waals surface area (Å²) in [5.74, 6) is 1.10.